The van der Waals surface area contributed by atoms with Crippen LogP contribution in [0.15, 0.2) is 30.3 Å². The fourth-order valence-corrected chi connectivity index (χ4v) is 2.70. The molecule has 0 bridgehead atoms. The molecule has 1 atom stereocenters. The van der Waals surface area contributed by atoms with E-state index < -0.39 is 0 Å². The van der Waals surface area contributed by atoms with Gasteiger partial charge < -0.3 is 5.73 Å². The number of hydrogen-bond acceptors (Lipinski definition) is 1. The van der Waals surface area contributed by atoms with Gasteiger partial charge in [-0.05, 0) is 61.6 Å². The second-order valence-electron chi connectivity index (χ2n) is 5.30. The van der Waals surface area contributed by atoms with E-state index in [1.165, 1.54) is 16.7 Å². The van der Waals surface area contributed by atoms with E-state index in [-0.39, 0.29) is 6.04 Å². The van der Waals surface area contributed by atoms with E-state index in [1.54, 1.807) is 0 Å². The van der Waals surface area contributed by atoms with Crippen molar-refractivity contribution in [1.82, 2.24) is 0 Å². The molecular formula is C17H20ClN. The van der Waals surface area contributed by atoms with Crippen LogP contribution >= 0.6 is 11.6 Å². The van der Waals surface area contributed by atoms with Crippen LogP contribution in [0.25, 0.3) is 0 Å². The van der Waals surface area contributed by atoms with Crippen LogP contribution in [0, 0.1) is 27.7 Å². The summed E-state index contributed by atoms with van der Waals surface area (Å²) >= 11 is 6.15. The first-order valence-electron chi connectivity index (χ1n) is 6.49. The van der Waals surface area contributed by atoms with E-state index in [0.717, 1.165) is 21.7 Å². The number of halogens is 1. The van der Waals surface area contributed by atoms with E-state index in [1.807, 2.05) is 13.0 Å². The number of rotatable bonds is 2. The normalized spacial score (nSPS) is 12.5. The van der Waals surface area contributed by atoms with Gasteiger partial charge in [0.2, 0.25) is 0 Å². The molecule has 0 fully saturated rings. The third kappa shape index (κ3) is 2.83. The quantitative estimate of drug-likeness (QED) is 0.849. The van der Waals surface area contributed by atoms with Gasteiger partial charge in [0.15, 0.2) is 0 Å². The second kappa shape index (κ2) is 5.36. The van der Waals surface area contributed by atoms with Crippen LogP contribution in [-0.4, -0.2) is 0 Å². The zero-order valence-electron chi connectivity index (χ0n) is 11.9. The zero-order chi connectivity index (χ0) is 14.2. The second-order valence-corrected chi connectivity index (χ2v) is 5.70. The maximum Gasteiger partial charge on any atom is 0.0556 e. The average molecular weight is 274 g/mol. The third-order valence-electron chi connectivity index (χ3n) is 3.64. The topological polar surface area (TPSA) is 26.0 Å². The molecule has 19 heavy (non-hydrogen) atoms. The first-order chi connectivity index (χ1) is 8.90. The van der Waals surface area contributed by atoms with Gasteiger partial charge in [-0.1, -0.05) is 41.4 Å². The van der Waals surface area contributed by atoms with Crippen molar-refractivity contribution in [1.29, 1.82) is 0 Å². The summed E-state index contributed by atoms with van der Waals surface area (Å²) in [5, 5.41) is 0.800. The monoisotopic (exact) mass is 273 g/mol. The van der Waals surface area contributed by atoms with Crippen molar-refractivity contribution < 1.29 is 0 Å². The Morgan fingerprint density at radius 2 is 1.47 bits per heavy atom. The minimum Gasteiger partial charge on any atom is -0.320 e. The van der Waals surface area contributed by atoms with Gasteiger partial charge in [0.1, 0.15) is 0 Å². The highest BCUT2D eigenvalue weighted by molar-refractivity contribution is 6.31. The molecule has 1 nitrogen and oxygen atoms in total. The van der Waals surface area contributed by atoms with E-state index >= 15 is 0 Å². The molecule has 2 aromatic carbocycles. The molecule has 100 valence electrons. The first kappa shape index (κ1) is 14.1. The minimum atomic E-state index is -0.100. The van der Waals surface area contributed by atoms with Crippen molar-refractivity contribution in [3.05, 3.63) is 68.7 Å². The molecule has 0 amide bonds. The summed E-state index contributed by atoms with van der Waals surface area (Å²) in [4.78, 5) is 0. The molecule has 0 aliphatic heterocycles. The van der Waals surface area contributed by atoms with Crippen molar-refractivity contribution in [2.45, 2.75) is 33.7 Å². The SMILES string of the molecule is Cc1ccc(C(N)c2cc(C)c(Cl)cc2C)c(C)c1. The highest BCUT2D eigenvalue weighted by atomic mass is 35.5. The Morgan fingerprint density at radius 1 is 0.842 bits per heavy atom. The Bertz CT molecular complexity index is 617. The fourth-order valence-electron chi connectivity index (χ4n) is 2.48. The summed E-state index contributed by atoms with van der Waals surface area (Å²) in [7, 11) is 0. The fraction of sp³-hybridized carbons (Fsp3) is 0.294. The smallest absolute Gasteiger partial charge is 0.0556 e. The van der Waals surface area contributed by atoms with Gasteiger partial charge in [-0.25, -0.2) is 0 Å². The number of hydrogen-bond donors (Lipinski definition) is 1. The Morgan fingerprint density at radius 3 is 2.11 bits per heavy atom. The van der Waals surface area contributed by atoms with Gasteiger partial charge in [-0.15, -0.1) is 0 Å². The molecule has 2 N–H and O–H groups in total. The third-order valence-corrected chi connectivity index (χ3v) is 4.05. The Labute approximate surface area is 120 Å². The molecule has 0 aliphatic rings. The lowest BCUT2D eigenvalue weighted by molar-refractivity contribution is 0.850. The minimum absolute atomic E-state index is 0.100. The summed E-state index contributed by atoms with van der Waals surface area (Å²) in [6.45, 7) is 8.28. The lowest BCUT2D eigenvalue weighted by atomic mass is 9.91. The predicted molar refractivity (Wildman–Crippen MR) is 82.9 cm³/mol. The summed E-state index contributed by atoms with van der Waals surface area (Å²) < 4.78 is 0. The van der Waals surface area contributed by atoms with Gasteiger partial charge in [-0.3, -0.25) is 0 Å². The summed E-state index contributed by atoms with van der Waals surface area (Å²) in [6, 6.07) is 10.4. The Balaban J connectivity index is 2.49. The zero-order valence-corrected chi connectivity index (χ0v) is 12.7. The van der Waals surface area contributed by atoms with E-state index in [4.69, 9.17) is 17.3 Å². The molecule has 2 rings (SSSR count). The maximum absolute atomic E-state index is 6.44. The summed E-state index contributed by atoms with van der Waals surface area (Å²) in [5.74, 6) is 0. The molecule has 2 heteroatoms. The van der Waals surface area contributed by atoms with Gasteiger partial charge in [0.05, 0.1) is 6.04 Å². The largest absolute Gasteiger partial charge is 0.320 e. The van der Waals surface area contributed by atoms with Gasteiger partial charge >= 0.3 is 0 Å². The molecule has 0 aromatic heterocycles. The van der Waals surface area contributed by atoms with Crippen LogP contribution in [0.2, 0.25) is 5.02 Å². The van der Waals surface area contributed by atoms with Crippen molar-refractivity contribution >= 4 is 11.6 Å². The van der Waals surface area contributed by atoms with Crippen molar-refractivity contribution in [2.75, 3.05) is 0 Å². The van der Waals surface area contributed by atoms with E-state index in [0.29, 0.717) is 0 Å². The first-order valence-corrected chi connectivity index (χ1v) is 6.87. The lowest BCUT2D eigenvalue weighted by Gasteiger charge is -2.19. The van der Waals surface area contributed by atoms with E-state index in [9.17, 15) is 0 Å². The van der Waals surface area contributed by atoms with Crippen molar-refractivity contribution in [3.8, 4) is 0 Å². The van der Waals surface area contributed by atoms with Gasteiger partial charge in [0, 0.05) is 5.02 Å². The molecule has 0 saturated carbocycles. The molecule has 2 aromatic rings. The Hall–Kier alpha value is -1.31. The van der Waals surface area contributed by atoms with Crippen LogP contribution in [0.1, 0.15) is 39.4 Å². The van der Waals surface area contributed by atoms with Crippen LogP contribution in [-0.2, 0) is 0 Å². The molecular weight excluding hydrogens is 254 g/mol. The van der Waals surface area contributed by atoms with Crippen LogP contribution in [0.5, 0.6) is 0 Å². The lowest BCUT2D eigenvalue weighted by Crippen LogP contribution is -2.15. The van der Waals surface area contributed by atoms with Crippen LogP contribution < -0.4 is 5.73 Å². The number of nitrogens with two attached hydrogens (primary N) is 1. The molecule has 0 heterocycles. The Kier molecular flexibility index (Phi) is 3.98. The maximum atomic E-state index is 6.44. The summed E-state index contributed by atoms with van der Waals surface area (Å²) in [6.07, 6.45) is 0. The number of aryl methyl sites for hydroxylation is 4. The molecule has 1 unspecified atom stereocenters. The van der Waals surface area contributed by atoms with Gasteiger partial charge in [-0.2, -0.15) is 0 Å². The average Bonchev–Trinajstić information content (AvgIpc) is 2.33. The standard InChI is InChI=1S/C17H20ClN/c1-10-5-6-14(11(2)7-10)17(19)15-8-13(4)16(18)9-12(15)3/h5-9,17H,19H2,1-4H3. The van der Waals surface area contributed by atoms with Crippen LogP contribution in [0.3, 0.4) is 0 Å². The van der Waals surface area contributed by atoms with Gasteiger partial charge in [0.25, 0.3) is 0 Å². The molecule has 0 radical (unpaired) electrons. The van der Waals surface area contributed by atoms with Crippen molar-refractivity contribution in [3.63, 3.8) is 0 Å². The van der Waals surface area contributed by atoms with E-state index in [2.05, 4.69) is 45.0 Å². The molecule has 0 aliphatic carbocycles. The van der Waals surface area contributed by atoms with Crippen LogP contribution in [0.4, 0.5) is 0 Å². The molecule has 0 saturated heterocycles. The highest BCUT2D eigenvalue weighted by Gasteiger charge is 2.15. The summed E-state index contributed by atoms with van der Waals surface area (Å²) in [5.41, 5.74) is 13.5. The highest BCUT2D eigenvalue weighted by Crippen LogP contribution is 2.29. The predicted octanol–water partition coefficient (Wildman–Crippen LogP) is 4.62. The van der Waals surface area contributed by atoms with Crippen molar-refractivity contribution in [2.24, 2.45) is 5.73 Å². The molecule has 0 spiro atoms. The number of benzene rings is 2.